The zero-order valence-electron chi connectivity index (χ0n) is 5.83. The van der Waals surface area contributed by atoms with Gasteiger partial charge in [-0.1, -0.05) is 14.4 Å². The maximum atomic E-state index is 10.8. The van der Waals surface area contributed by atoms with Crippen molar-refractivity contribution in [3.63, 3.8) is 0 Å². The van der Waals surface area contributed by atoms with Crippen LogP contribution in [0.2, 0.25) is 0 Å². The van der Waals surface area contributed by atoms with Gasteiger partial charge >= 0.3 is 0 Å². The van der Waals surface area contributed by atoms with Crippen molar-refractivity contribution in [1.29, 1.82) is 0 Å². The number of hydrogen-bond acceptors (Lipinski definition) is 2. The van der Waals surface area contributed by atoms with E-state index >= 15 is 0 Å². The topological polar surface area (TPSA) is 37.4 Å². The third-order valence-corrected chi connectivity index (χ3v) is 1.35. The third-order valence-electron chi connectivity index (χ3n) is 1.35. The van der Waals surface area contributed by atoms with Crippen LogP contribution in [0.1, 0.15) is 20.8 Å². The van der Waals surface area contributed by atoms with E-state index in [0.29, 0.717) is 6.54 Å². The standard InChI is InChI=1S/C7H9NO2.CH4/c1-2-5-8-6(9)3-4-7(8)10;/h3-4H,2,5H2,1H3;1H4. The van der Waals surface area contributed by atoms with E-state index in [0.717, 1.165) is 6.42 Å². The van der Waals surface area contributed by atoms with Gasteiger partial charge in [0.25, 0.3) is 11.8 Å². The highest BCUT2D eigenvalue weighted by molar-refractivity contribution is 6.12. The summed E-state index contributed by atoms with van der Waals surface area (Å²) in [6.45, 7) is 2.46. The van der Waals surface area contributed by atoms with Gasteiger partial charge in [0.2, 0.25) is 0 Å². The fourth-order valence-corrected chi connectivity index (χ4v) is 0.875. The summed E-state index contributed by atoms with van der Waals surface area (Å²) in [5.74, 6) is -0.376. The van der Waals surface area contributed by atoms with Gasteiger partial charge in [0.1, 0.15) is 0 Å². The fourth-order valence-electron chi connectivity index (χ4n) is 0.875. The predicted octanol–water partition coefficient (Wildman–Crippen LogP) is 0.958. The molecule has 0 bridgehead atoms. The number of carbonyl (C=O) groups excluding carboxylic acids is 2. The van der Waals surface area contributed by atoms with Gasteiger partial charge in [-0.3, -0.25) is 14.5 Å². The summed E-state index contributed by atoms with van der Waals surface area (Å²) in [5, 5.41) is 0. The molecule has 0 aliphatic carbocycles. The highest BCUT2D eigenvalue weighted by Crippen LogP contribution is 2.02. The highest BCUT2D eigenvalue weighted by Gasteiger charge is 2.21. The minimum absolute atomic E-state index is 0. The van der Waals surface area contributed by atoms with Gasteiger partial charge in [-0.2, -0.15) is 0 Å². The summed E-state index contributed by atoms with van der Waals surface area (Å²) in [7, 11) is 0. The zero-order chi connectivity index (χ0) is 7.56. The van der Waals surface area contributed by atoms with Gasteiger partial charge in [-0.15, -0.1) is 0 Å². The van der Waals surface area contributed by atoms with Crippen LogP contribution in [0.5, 0.6) is 0 Å². The molecule has 0 aromatic rings. The lowest BCUT2D eigenvalue weighted by atomic mass is 10.4. The Morgan fingerprint density at radius 2 is 1.73 bits per heavy atom. The number of imide groups is 1. The maximum Gasteiger partial charge on any atom is 0.253 e. The molecular weight excluding hydrogens is 142 g/mol. The lowest BCUT2D eigenvalue weighted by Crippen LogP contribution is -2.30. The summed E-state index contributed by atoms with van der Waals surface area (Å²) in [6.07, 6.45) is 3.43. The van der Waals surface area contributed by atoms with Crippen LogP contribution in [0, 0.1) is 0 Å². The van der Waals surface area contributed by atoms with Crippen molar-refractivity contribution in [3.8, 4) is 0 Å². The molecule has 0 unspecified atom stereocenters. The van der Waals surface area contributed by atoms with Crippen molar-refractivity contribution in [2.75, 3.05) is 6.54 Å². The molecule has 11 heavy (non-hydrogen) atoms. The van der Waals surface area contributed by atoms with Crippen LogP contribution in [0.3, 0.4) is 0 Å². The number of hydrogen-bond donors (Lipinski definition) is 0. The Balaban J connectivity index is 0.000001000. The molecule has 0 aromatic heterocycles. The van der Waals surface area contributed by atoms with E-state index in [1.807, 2.05) is 6.92 Å². The van der Waals surface area contributed by atoms with Crippen LogP contribution >= 0.6 is 0 Å². The van der Waals surface area contributed by atoms with Crippen molar-refractivity contribution in [1.82, 2.24) is 4.90 Å². The van der Waals surface area contributed by atoms with Crippen LogP contribution in [-0.4, -0.2) is 23.3 Å². The second-order valence-electron chi connectivity index (χ2n) is 2.16. The van der Waals surface area contributed by atoms with E-state index in [4.69, 9.17) is 0 Å². The van der Waals surface area contributed by atoms with Crippen molar-refractivity contribution >= 4 is 11.8 Å². The number of amides is 2. The minimum atomic E-state index is -0.188. The van der Waals surface area contributed by atoms with Gasteiger partial charge < -0.3 is 0 Å². The molecule has 0 saturated carbocycles. The second kappa shape index (κ2) is 3.91. The SMILES string of the molecule is C.CCCN1C(=O)C=CC1=O. The van der Waals surface area contributed by atoms with Gasteiger partial charge in [0.05, 0.1) is 0 Å². The van der Waals surface area contributed by atoms with E-state index in [2.05, 4.69) is 0 Å². The van der Waals surface area contributed by atoms with Crippen molar-refractivity contribution < 1.29 is 9.59 Å². The van der Waals surface area contributed by atoms with Crippen LogP contribution in [0.25, 0.3) is 0 Å². The van der Waals surface area contributed by atoms with Gasteiger partial charge in [0, 0.05) is 18.7 Å². The van der Waals surface area contributed by atoms with E-state index in [1.54, 1.807) is 0 Å². The normalized spacial score (nSPS) is 15.5. The average Bonchev–Trinajstić information content (AvgIpc) is 2.20. The predicted molar refractivity (Wildman–Crippen MR) is 42.9 cm³/mol. The highest BCUT2D eigenvalue weighted by atomic mass is 16.2. The van der Waals surface area contributed by atoms with E-state index in [-0.39, 0.29) is 19.2 Å². The maximum absolute atomic E-state index is 10.8. The minimum Gasteiger partial charge on any atom is -0.275 e. The second-order valence-corrected chi connectivity index (χ2v) is 2.16. The van der Waals surface area contributed by atoms with Crippen LogP contribution in [0.4, 0.5) is 0 Å². The van der Waals surface area contributed by atoms with E-state index in [1.165, 1.54) is 17.1 Å². The summed E-state index contributed by atoms with van der Waals surface area (Å²) in [4.78, 5) is 22.8. The van der Waals surface area contributed by atoms with Crippen LogP contribution in [0.15, 0.2) is 12.2 Å². The number of rotatable bonds is 2. The first-order valence-corrected chi connectivity index (χ1v) is 3.29. The molecular formula is C8H13NO2. The first-order chi connectivity index (χ1) is 4.75. The molecule has 62 valence electrons. The first kappa shape index (κ1) is 9.88. The van der Waals surface area contributed by atoms with Crippen LogP contribution < -0.4 is 0 Å². The molecule has 2 amide bonds. The van der Waals surface area contributed by atoms with E-state index < -0.39 is 0 Å². The molecule has 1 aliphatic heterocycles. The van der Waals surface area contributed by atoms with Gasteiger partial charge in [-0.05, 0) is 6.42 Å². The number of nitrogens with zero attached hydrogens (tertiary/aromatic N) is 1. The summed E-state index contributed by atoms with van der Waals surface area (Å²) < 4.78 is 0. The van der Waals surface area contributed by atoms with Crippen molar-refractivity contribution in [2.24, 2.45) is 0 Å². The molecule has 1 rings (SSSR count). The van der Waals surface area contributed by atoms with Crippen molar-refractivity contribution in [2.45, 2.75) is 20.8 Å². The summed E-state index contributed by atoms with van der Waals surface area (Å²) in [5.41, 5.74) is 0. The molecule has 0 radical (unpaired) electrons. The van der Waals surface area contributed by atoms with Crippen molar-refractivity contribution in [3.05, 3.63) is 12.2 Å². The molecule has 3 nitrogen and oxygen atoms in total. The molecule has 1 aliphatic rings. The third kappa shape index (κ3) is 1.90. The molecule has 1 heterocycles. The first-order valence-electron chi connectivity index (χ1n) is 3.29. The van der Waals surface area contributed by atoms with Gasteiger partial charge in [0.15, 0.2) is 0 Å². The molecule has 0 saturated heterocycles. The Morgan fingerprint density at radius 3 is 2.09 bits per heavy atom. The molecule has 3 heteroatoms. The molecule has 0 spiro atoms. The largest absolute Gasteiger partial charge is 0.275 e. The quantitative estimate of drug-likeness (QED) is 0.557. The smallest absolute Gasteiger partial charge is 0.253 e. The Morgan fingerprint density at radius 1 is 1.27 bits per heavy atom. The Kier molecular flexibility index (Phi) is 3.51. The monoisotopic (exact) mass is 155 g/mol. The Hall–Kier alpha value is -1.12. The average molecular weight is 155 g/mol. The van der Waals surface area contributed by atoms with Crippen LogP contribution in [-0.2, 0) is 9.59 Å². The summed E-state index contributed by atoms with van der Waals surface area (Å²) in [6, 6.07) is 0. The molecule has 0 N–H and O–H groups in total. The lowest BCUT2D eigenvalue weighted by molar-refractivity contribution is -0.136. The number of carbonyl (C=O) groups is 2. The Bertz CT molecular complexity index is 178. The Labute approximate surface area is 66.7 Å². The molecule has 0 aromatic carbocycles. The molecule has 0 atom stereocenters. The van der Waals surface area contributed by atoms with E-state index in [9.17, 15) is 9.59 Å². The fraction of sp³-hybridized carbons (Fsp3) is 0.500. The summed E-state index contributed by atoms with van der Waals surface area (Å²) >= 11 is 0. The molecule has 0 fully saturated rings. The lowest BCUT2D eigenvalue weighted by Gasteiger charge is -2.10. The zero-order valence-corrected chi connectivity index (χ0v) is 5.83. The van der Waals surface area contributed by atoms with Gasteiger partial charge in [-0.25, -0.2) is 0 Å².